The highest BCUT2D eigenvalue weighted by atomic mass is 16.5. The fraction of sp³-hybridized carbons (Fsp3) is 0.304. The first kappa shape index (κ1) is 21.8. The summed E-state index contributed by atoms with van der Waals surface area (Å²) in [5, 5.41) is 12.8. The number of aromatic nitrogens is 1. The summed E-state index contributed by atoms with van der Waals surface area (Å²) in [6, 6.07) is 10.9. The smallest absolute Gasteiger partial charge is 0.306 e. The standard InChI is InChI=1S/C23H23N3O5/c1-13-17(14(2)26-23(29)18(13)11-24)8-9-22(28)30-12-21(27)25-15(3)20-10-16-6-4-5-7-19(16)31-20/h4-7,10,15H,8-9,12H2,1-3H3,(H,25,27)(H,26,29)/t15-/m0/s1. The number of hydrogen-bond acceptors (Lipinski definition) is 6. The number of para-hydroxylation sites is 1. The molecule has 0 bridgehead atoms. The maximum Gasteiger partial charge on any atom is 0.306 e. The molecule has 2 N–H and O–H groups in total. The number of pyridine rings is 1. The van der Waals surface area contributed by atoms with Crippen LogP contribution in [0.15, 0.2) is 39.5 Å². The van der Waals surface area contributed by atoms with Gasteiger partial charge in [-0.15, -0.1) is 0 Å². The SMILES string of the molecule is Cc1[nH]c(=O)c(C#N)c(C)c1CCC(=O)OCC(=O)N[C@@H](C)c1cc2ccccc2o1. The number of furan rings is 1. The average Bonchev–Trinajstić information content (AvgIpc) is 3.16. The molecular formula is C23H23N3O5. The first-order valence-corrected chi connectivity index (χ1v) is 9.86. The number of aryl methyl sites for hydroxylation is 1. The predicted octanol–water partition coefficient (Wildman–Crippen LogP) is 2.96. The van der Waals surface area contributed by atoms with E-state index in [-0.39, 0.29) is 18.0 Å². The first-order valence-electron chi connectivity index (χ1n) is 9.86. The molecule has 0 saturated heterocycles. The Hall–Kier alpha value is -3.86. The lowest BCUT2D eigenvalue weighted by molar-refractivity contribution is -0.148. The third-order valence-electron chi connectivity index (χ3n) is 5.11. The second-order valence-electron chi connectivity index (χ2n) is 7.31. The van der Waals surface area contributed by atoms with Crippen molar-refractivity contribution in [3.8, 4) is 6.07 Å². The fourth-order valence-corrected chi connectivity index (χ4v) is 3.44. The number of aromatic amines is 1. The zero-order chi connectivity index (χ0) is 22.5. The molecule has 8 nitrogen and oxygen atoms in total. The van der Waals surface area contributed by atoms with Crippen molar-refractivity contribution in [3.05, 3.63) is 68.8 Å². The number of ether oxygens (including phenoxy) is 1. The Balaban J connectivity index is 1.51. The Labute approximate surface area is 178 Å². The summed E-state index contributed by atoms with van der Waals surface area (Å²) >= 11 is 0. The number of H-pyrrole nitrogens is 1. The van der Waals surface area contributed by atoms with Gasteiger partial charge < -0.3 is 19.5 Å². The molecule has 1 aromatic carbocycles. The molecule has 0 fully saturated rings. The molecule has 0 aliphatic rings. The lowest BCUT2D eigenvalue weighted by atomic mass is 9.99. The molecule has 0 aliphatic heterocycles. The highest BCUT2D eigenvalue weighted by molar-refractivity contribution is 5.81. The third kappa shape index (κ3) is 5.01. The monoisotopic (exact) mass is 421 g/mol. The van der Waals surface area contributed by atoms with E-state index in [4.69, 9.17) is 14.4 Å². The highest BCUT2D eigenvalue weighted by Crippen LogP contribution is 2.23. The fourth-order valence-electron chi connectivity index (χ4n) is 3.44. The normalized spacial score (nSPS) is 11.7. The van der Waals surface area contributed by atoms with Crippen LogP contribution in [0.5, 0.6) is 0 Å². The minimum absolute atomic E-state index is 0.0188. The summed E-state index contributed by atoms with van der Waals surface area (Å²) in [7, 11) is 0. The van der Waals surface area contributed by atoms with Crippen molar-refractivity contribution >= 4 is 22.8 Å². The lowest BCUT2D eigenvalue weighted by Crippen LogP contribution is -2.31. The molecule has 8 heteroatoms. The van der Waals surface area contributed by atoms with Crippen LogP contribution in [-0.2, 0) is 20.7 Å². The number of esters is 1. The van der Waals surface area contributed by atoms with Gasteiger partial charge in [0.1, 0.15) is 23.0 Å². The quantitative estimate of drug-likeness (QED) is 0.565. The van der Waals surface area contributed by atoms with Gasteiger partial charge in [-0.25, -0.2) is 0 Å². The van der Waals surface area contributed by atoms with Gasteiger partial charge in [-0.3, -0.25) is 14.4 Å². The van der Waals surface area contributed by atoms with Crippen LogP contribution in [0.1, 0.15) is 47.5 Å². The molecule has 0 unspecified atom stereocenters. The number of rotatable bonds is 7. The van der Waals surface area contributed by atoms with E-state index in [0.29, 0.717) is 23.4 Å². The number of nitriles is 1. The molecule has 0 radical (unpaired) electrons. The Morgan fingerprint density at radius 3 is 2.74 bits per heavy atom. The van der Waals surface area contributed by atoms with Gasteiger partial charge >= 0.3 is 5.97 Å². The zero-order valence-corrected chi connectivity index (χ0v) is 17.6. The van der Waals surface area contributed by atoms with Gasteiger partial charge in [0.05, 0.1) is 6.04 Å². The third-order valence-corrected chi connectivity index (χ3v) is 5.11. The topological polar surface area (TPSA) is 125 Å². The van der Waals surface area contributed by atoms with Crippen LogP contribution in [0.25, 0.3) is 11.0 Å². The second kappa shape index (κ2) is 9.30. The number of carbonyl (C=O) groups is 2. The van der Waals surface area contributed by atoms with Gasteiger partial charge in [-0.2, -0.15) is 5.26 Å². The van der Waals surface area contributed by atoms with Crippen LogP contribution >= 0.6 is 0 Å². The Bertz CT molecular complexity index is 1200. The summed E-state index contributed by atoms with van der Waals surface area (Å²) in [6.07, 6.45) is 0.309. The van der Waals surface area contributed by atoms with E-state index in [1.165, 1.54) is 0 Å². The number of amides is 1. The van der Waals surface area contributed by atoms with Gasteiger partial charge in [0, 0.05) is 17.5 Å². The van der Waals surface area contributed by atoms with Crippen molar-refractivity contribution in [1.82, 2.24) is 10.3 Å². The molecule has 0 aliphatic carbocycles. The Morgan fingerprint density at radius 1 is 1.29 bits per heavy atom. The van der Waals surface area contributed by atoms with E-state index in [0.717, 1.165) is 16.5 Å². The number of nitrogens with zero attached hydrogens (tertiary/aromatic N) is 1. The summed E-state index contributed by atoms with van der Waals surface area (Å²) in [5.74, 6) is -0.377. The molecule has 1 atom stereocenters. The number of nitrogens with one attached hydrogen (secondary N) is 2. The van der Waals surface area contributed by atoms with Crippen LogP contribution in [0.4, 0.5) is 0 Å². The van der Waals surface area contributed by atoms with Crippen molar-refractivity contribution in [1.29, 1.82) is 5.26 Å². The summed E-state index contributed by atoms with van der Waals surface area (Å²) in [6.45, 7) is 4.76. The van der Waals surface area contributed by atoms with Crippen LogP contribution in [0.2, 0.25) is 0 Å². The molecule has 160 valence electrons. The van der Waals surface area contributed by atoms with Crippen molar-refractivity contribution in [2.45, 2.75) is 39.7 Å². The molecule has 0 spiro atoms. The van der Waals surface area contributed by atoms with Crippen LogP contribution < -0.4 is 10.9 Å². The summed E-state index contributed by atoms with van der Waals surface area (Å²) in [5.41, 5.74) is 2.20. The van der Waals surface area contributed by atoms with Gasteiger partial charge in [-0.05, 0) is 50.5 Å². The summed E-state index contributed by atoms with van der Waals surface area (Å²) < 4.78 is 10.8. The Kier molecular flexibility index (Phi) is 6.55. The van der Waals surface area contributed by atoms with Crippen molar-refractivity contribution in [2.24, 2.45) is 0 Å². The molecular weight excluding hydrogens is 398 g/mol. The molecule has 2 heterocycles. The van der Waals surface area contributed by atoms with E-state index in [1.54, 1.807) is 20.8 Å². The van der Waals surface area contributed by atoms with Gasteiger partial charge in [-0.1, -0.05) is 18.2 Å². The van der Waals surface area contributed by atoms with E-state index in [2.05, 4.69) is 10.3 Å². The molecule has 1 amide bonds. The van der Waals surface area contributed by atoms with Crippen LogP contribution in [0, 0.1) is 25.2 Å². The van der Waals surface area contributed by atoms with Crippen LogP contribution in [-0.4, -0.2) is 23.5 Å². The molecule has 2 aromatic heterocycles. The maximum atomic E-state index is 12.1. The maximum absolute atomic E-state index is 12.1. The first-order chi connectivity index (χ1) is 14.8. The Morgan fingerprint density at radius 2 is 2.03 bits per heavy atom. The van der Waals surface area contributed by atoms with Crippen LogP contribution in [0.3, 0.4) is 0 Å². The van der Waals surface area contributed by atoms with E-state index in [9.17, 15) is 14.4 Å². The van der Waals surface area contributed by atoms with Gasteiger partial charge in [0.2, 0.25) is 0 Å². The van der Waals surface area contributed by atoms with Gasteiger partial charge in [0.15, 0.2) is 6.61 Å². The second-order valence-corrected chi connectivity index (χ2v) is 7.31. The predicted molar refractivity (Wildman–Crippen MR) is 113 cm³/mol. The number of benzene rings is 1. The van der Waals surface area contributed by atoms with Gasteiger partial charge in [0.25, 0.3) is 11.5 Å². The zero-order valence-electron chi connectivity index (χ0n) is 17.6. The minimum atomic E-state index is -0.546. The highest BCUT2D eigenvalue weighted by Gasteiger charge is 2.17. The number of fused-ring (bicyclic) bond motifs is 1. The van der Waals surface area contributed by atoms with Crippen molar-refractivity contribution in [3.63, 3.8) is 0 Å². The summed E-state index contributed by atoms with van der Waals surface area (Å²) in [4.78, 5) is 38.6. The average molecular weight is 421 g/mol. The minimum Gasteiger partial charge on any atom is -0.459 e. The van der Waals surface area contributed by atoms with E-state index >= 15 is 0 Å². The molecule has 3 rings (SSSR count). The largest absolute Gasteiger partial charge is 0.459 e. The van der Waals surface area contributed by atoms with Crippen molar-refractivity contribution in [2.75, 3.05) is 6.61 Å². The molecule has 31 heavy (non-hydrogen) atoms. The van der Waals surface area contributed by atoms with E-state index < -0.39 is 24.0 Å². The molecule has 3 aromatic rings. The molecule has 0 saturated carbocycles. The number of hydrogen-bond donors (Lipinski definition) is 2. The number of carbonyl (C=O) groups excluding carboxylic acids is 2. The lowest BCUT2D eigenvalue weighted by Gasteiger charge is -2.12. The van der Waals surface area contributed by atoms with Crippen molar-refractivity contribution < 1.29 is 18.7 Å². The van der Waals surface area contributed by atoms with E-state index in [1.807, 2.05) is 36.4 Å².